The first-order valence-electron chi connectivity index (χ1n) is 9.30. The zero-order valence-corrected chi connectivity index (χ0v) is 15.4. The molecule has 0 saturated carbocycles. The van der Waals surface area contributed by atoms with Gasteiger partial charge in [-0.15, -0.1) is 0 Å². The Morgan fingerprint density at radius 3 is 2.63 bits per heavy atom. The second-order valence-electron chi connectivity index (χ2n) is 7.28. The van der Waals surface area contributed by atoms with Crippen LogP contribution < -0.4 is 16.0 Å². The maximum Gasteiger partial charge on any atom is 0.322 e. The van der Waals surface area contributed by atoms with E-state index < -0.39 is 0 Å². The SMILES string of the molecule is Cc1ccc(C(=O)N2CC(N)C(c3ccccc3)C2)cc1N1CCNC1=O. The molecule has 3 amide bonds. The second-order valence-corrected chi connectivity index (χ2v) is 7.28. The van der Waals surface area contributed by atoms with Gasteiger partial charge in [-0.1, -0.05) is 36.4 Å². The topological polar surface area (TPSA) is 78.7 Å². The van der Waals surface area contributed by atoms with Crippen molar-refractivity contribution in [3.63, 3.8) is 0 Å². The van der Waals surface area contributed by atoms with Crippen LogP contribution in [0.3, 0.4) is 0 Å². The van der Waals surface area contributed by atoms with Gasteiger partial charge in [-0.25, -0.2) is 4.79 Å². The van der Waals surface area contributed by atoms with Crippen LogP contribution in [0, 0.1) is 6.92 Å². The van der Waals surface area contributed by atoms with Gasteiger partial charge >= 0.3 is 6.03 Å². The second kappa shape index (κ2) is 7.04. The van der Waals surface area contributed by atoms with Gasteiger partial charge in [0.1, 0.15) is 0 Å². The third-order valence-electron chi connectivity index (χ3n) is 5.48. The van der Waals surface area contributed by atoms with Crippen molar-refractivity contribution in [2.45, 2.75) is 18.9 Å². The number of likely N-dealkylation sites (tertiary alicyclic amines) is 1. The third kappa shape index (κ3) is 3.28. The van der Waals surface area contributed by atoms with Crippen molar-refractivity contribution in [3.05, 3.63) is 65.2 Å². The van der Waals surface area contributed by atoms with E-state index in [1.807, 2.05) is 48.2 Å². The van der Waals surface area contributed by atoms with Crippen molar-refractivity contribution in [1.29, 1.82) is 0 Å². The van der Waals surface area contributed by atoms with E-state index in [0.717, 1.165) is 11.3 Å². The highest BCUT2D eigenvalue weighted by Gasteiger charge is 2.34. The summed E-state index contributed by atoms with van der Waals surface area (Å²) in [5.74, 6) is 0.106. The quantitative estimate of drug-likeness (QED) is 0.875. The van der Waals surface area contributed by atoms with Crippen LogP contribution >= 0.6 is 0 Å². The van der Waals surface area contributed by atoms with E-state index in [0.29, 0.717) is 31.7 Å². The zero-order valence-electron chi connectivity index (χ0n) is 15.4. The summed E-state index contributed by atoms with van der Waals surface area (Å²) >= 11 is 0. The average molecular weight is 364 g/mol. The molecular formula is C21H24N4O2. The summed E-state index contributed by atoms with van der Waals surface area (Å²) in [7, 11) is 0. The van der Waals surface area contributed by atoms with Gasteiger partial charge in [0, 0.05) is 49.4 Å². The first kappa shape index (κ1) is 17.5. The number of aryl methyl sites for hydroxylation is 1. The molecule has 0 radical (unpaired) electrons. The number of hydrogen-bond donors (Lipinski definition) is 2. The number of benzene rings is 2. The van der Waals surface area contributed by atoms with Crippen molar-refractivity contribution >= 4 is 17.6 Å². The summed E-state index contributed by atoms with van der Waals surface area (Å²) in [5.41, 5.74) is 9.86. The standard InChI is InChI=1S/C21H24N4O2/c1-14-7-8-16(11-19(14)25-10-9-23-21(25)27)20(26)24-12-17(18(22)13-24)15-5-3-2-4-6-15/h2-8,11,17-18H,9-10,12-13,22H2,1H3,(H,23,27). The lowest BCUT2D eigenvalue weighted by Crippen LogP contribution is -2.32. The van der Waals surface area contributed by atoms with Crippen LogP contribution in [-0.2, 0) is 0 Å². The molecule has 2 aliphatic heterocycles. The average Bonchev–Trinajstić information content (AvgIpc) is 3.28. The highest BCUT2D eigenvalue weighted by molar-refractivity contribution is 5.99. The molecule has 0 aromatic heterocycles. The summed E-state index contributed by atoms with van der Waals surface area (Å²) < 4.78 is 0. The number of rotatable bonds is 3. The Morgan fingerprint density at radius 1 is 1.15 bits per heavy atom. The molecule has 2 aromatic rings. The normalized spacial score (nSPS) is 22.2. The fourth-order valence-corrected chi connectivity index (χ4v) is 3.97. The Labute approximate surface area is 158 Å². The number of hydrogen-bond acceptors (Lipinski definition) is 3. The molecule has 0 bridgehead atoms. The van der Waals surface area contributed by atoms with E-state index in [1.165, 1.54) is 5.56 Å². The summed E-state index contributed by atoms with van der Waals surface area (Å²) in [4.78, 5) is 28.6. The van der Waals surface area contributed by atoms with Crippen LogP contribution in [0.1, 0.15) is 27.4 Å². The van der Waals surface area contributed by atoms with Gasteiger partial charge in [0.25, 0.3) is 5.91 Å². The molecule has 0 aliphatic carbocycles. The molecule has 2 fully saturated rings. The van der Waals surface area contributed by atoms with Crippen molar-refractivity contribution in [2.24, 2.45) is 5.73 Å². The minimum atomic E-state index is -0.116. The number of urea groups is 1. The number of nitrogens with zero attached hydrogens (tertiary/aromatic N) is 2. The molecule has 2 aliphatic rings. The minimum absolute atomic E-state index is 0.0373. The third-order valence-corrected chi connectivity index (χ3v) is 5.48. The van der Waals surface area contributed by atoms with E-state index in [9.17, 15) is 9.59 Å². The lowest BCUT2D eigenvalue weighted by atomic mass is 9.95. The van der Waals surface area contributed by atoms with Gasteiger partial charge in [0.2, 0.25) is 0 Å². The molecule has 2 aromatic carbocycles. The molecule has 3 N–H and O–H groups in total. The molecule has 6 heteroatoms. The highest BCUT2D eigenvalue weighted by Crippen LogP contribution is 2.29. The van der Waals surface area contributed by atoms with Gasteiger partial charge in [-0.05, 0) is 30.2 Å². The number of carbonyl (C=O) groups excluding carboxylic acids is 2. The fourth-order valence-electron chi connectivity index (χ4n) is 3.97. The van der Waals surface area contributed by atoms with Crippen molar-refractivity contribution in [3.8, 4) is 0 Å². The smallest absolute Gasteiger partial charge is 0.322 e. The molecule has 2 heterocycles. The van der Waals surface area contributed by atoms with Crippen molar-refractivity contribution in [2.75, 3.05) is 31.1 Å². The number of anilines is 1. The van der Waals surface area contributed by atoms with Crippen LogP contribution in [0.4, 0.5) is 10.5 Å². The maximum atomic E-state index is 13.1. The lowest BCUT2D eigenvalue weighted by molar-refractivity contribution is 0.0789. The Morgan fingerprint density at radius 2 is 1.93 bits per heavy atom. The van der Waals surface area contributed by atoms with E-state index in [1.54, 1.807) is 4.90 Å². The number of amides is 3. The van der Waals surface area contributed by atoms with Crippen LogP contribution in [0.25, 0.3) is 0 Å². The van der Waals surface area contributed by atoms with E-state index in [4.69, 9.17) is 5.73 Å². The predicted octanol–water partition coefficient (Wildman–Crippen LogP) is 2.09. The summed E-state index contributed by atoms with van der Waals surface area (Å²) in [6.07, 6.45) is 0. The lowest BCUT2D eigenvalue weighted by Gasteiger charge is -2.20. The molecule has 27 heavy (non-hydrogen) atoms. The van der Waals surface area contributed by atoms with E-state index >= 15 is 0 Å². The van der Waals surface area contributed by atoms with E-state index in [2.05, 4.69) is 17.4 Å². The number of carbonyl (C=O) groups is 2. The molecule has 0 spiro atoms. The number of nitrogens with two attached hydrogens (primary N) is 1. The molecular weight excluding hydrogens is 340 g/mol. The van der Waals surface area contributed by atoms with Gasteiger partial charge in [0.05, 0.1) is 0 Å². The molecule has 2 atom stereocenters. The molecule has 140 valence electrons. The van der Waals surface area contributed by atoms with Crippen LogP contribution in [0.15, 0.2) is 48.5 Å². The van der Waals surface area contributed by atoms with Crippen molar-refractivity contribution < 1.29 is 9.59 Å². The van der Waals surface area contributed by atoms with Gasteiger partial charge in [-0.3, -0.25) is 9.69 Å². The summed E-state index contributed by atoms with van der Waals surface area (Å²) in [6, 6.07) is 15.5. The monoisotopic (exact) mass is 364 g/mol. The van der Waals surface area contributed by atoms with Crippen LogP contribution in [0.5, 0.6) is 0 Å². The van der Waals surface area contributed by atoms with Gasteiger partial charge < -0.3 is 16.0 Å². The first-order chi connectivity index (χ1) is 13.0. The van der Waals surface area contributed by atoms with Crippen LogP contribution in [-0.4, -0.2) is 49.1 Å². The van der Waals surface area contributed by atoms with Gasteiger partial charge in [0.15, 0.2) is 0 Å². The van der Waals surface area contributed by atoms with Crippen molar-refractivity contribution in [1.82, 2.24) is 10.2 Å². The molecule has 2 unspecified atom stereocenters. The minimum Gasteiger partial charge on any atom is -0.336 e. The summed E-state index contributed by atoms with van der Waals surface area (Å²) in [6.45, 7) is 4.33. The Kier molecular flexibility index (Phi) is 4.58. The first-order valence-corrected chi connectivity index (χ1v) is 9.30. The zero-order chi connectivity index (χ0) is 19.0. The Hall–Kier alpha value is -2.86. The Balaban J connectivity index is 1.56. The van der Waals surface area contributed by atoms with Gasteiger partial charge in [-0.2, -0.15) is 0 Å². The Bertz CT molecular complexity index is 868. The maximum absolute atomic E-state index is 13.1. The molecule has 6 nitrogen and oxygen atoms in total. The molecule has 2 saturated heterocycles. The molecule has 4 rings (SSSR count). The summed E-state index contributed by atoms with van der Waals surface area (Å²) in [5, 5.41) is 2.80. The highest BCUT2D eigenvalue weighted by atomic mass is 16.2. The van der Waals surface area contributed by atoms with Crippen LogP contribution in [0.2, 0.25) is 0 Å². The largest absolute Gasteiger partial charge is 0.336 e. The number of nitrogens with one attached hydrogen (secondary N) is 1. The fraction of sp³-hybridized carbons (Fsp3) is 0.333. The predicted molar refractivity (Wildman–Crippen MR) is 105 cm³/mol. The van der Waals surface area contributed by atoms with E-state index in [-0.39, 0.29) is 23.9 Å².